The van der Waals surface area contributed by atoms with Crippen molar-refractivity contribution in [2.24, 2.45) is 5.92 Å². The SMILES string of the molecule is C=CCOC(=O)C(O)N1C(=O)[C@H]([C@@H](C)O[Si](C)(C)C(C)(C)C)[C@H]1CC(=O)c1cc(C)n(CCNC(C)=O)n1. The minimum Gasteiger partial charge on any atom is -0.458 e. The number of aryl methyl sites for hydroxylation is 1. The molecule has 2 amide bonds. The lowest BCUT2D eigenvalue weighted by atomic mass is 9.80. The summed E-state index contributed by atoms with van der Waals surface area (Å²) in [5.41, 5.74) is 0.935. The molecule has 38 heavy (non-hydrogen) atoms. The fourth-order valence-corrected chi connectivity index (χ4v) is 5.61. The Hall–Kier alpha value is -2.83. The van der Waals surface area contributed by atoms with Gasteiger partial charge in [0.2, 0.25) is 18.0 Å². The number of nitrogens with zero attached hydrogens (tertiary/aromatic N) is 3. The first-order valence-corrected chi connectivity index (χ1v) is 15.7. The van der Waals surface area contributed by atoms with E-state index in [0.29, 0.717) is 13.1 Å². The molecule has 0 radical (unpaired) electrons. The third-order valence-electron chi connectivity index (χ3n) is 7.28. The van der Waals surface area contributed by atoms with Gasteiger partial charge >= 0.3 is 5.97 Å². The molecule has 11 nitrogen and oxygen atoms in total. The minimum absolute atomic E-state index is 0.103. The Morgan fingerprint density at radius 1 is 1.32 bits per heavy atom. The molecule has 212 valence electrons. The van der Waals surface area contributed by atoms with E-state index in [-0.39, 0.29) is 35.5 Å². The molecule has 1 saturated heterocycles. The lowest BCUT2D eigenvalue weighted by Gasteiger charge is -2.52. The van der Waals surface area contributed by atoms with Gasteiger partial charge in [0.15, 0.2) is 14.1 Å². The fraction of sp³-hybridized carbons (Fsp3) is 0.654. The minimum atomic E-state index is -2.26. The number of ether oxygens (including phenoxy) is 1. The standard InChI is InChI=1S/C26H42N4O7Si/c1-10-13-36-25(35)24(34)30-20(22(23(30)33)17(3)37-38(8,9)26(5,6)7)15-21(32)19-14-16(2)29(28-19)12-11-27-18(4)31/h10,14,17,20,22,24,34H,1,11-13,15H2,2-9H3,(H,27,31)/t17-,20-,22-,24?/m1/s1. The number of esters is 1. The van der Waals surface area contributed by atoms with Crippen LogP contribution in [0.5, 0.6) is 0 Å². The van der Waals surface area contributed by atoms with Crippen LogP contribution in [0.2, 0.25) is 18.1 Å². The van der Waals surface area contributed by atoms with Crippen molar-refractivity contribution in [2.75, 3.05) is 13.2 Å². The van der Waals surface area contributed by atoms with Gasteiger partial charge in [-0.2, -0.15) is 5.10 Å². The molecule has 1 unspecified atom stereocenters. The van der Waals surface area contributed by atoms with Crippen molar-refractivity contribution in [3.05, 3.63) is 30.1 Å². The number of β-lactam (4-membered cyclic amide) rings is 1. The highest BCUT2D eigenvalue weighted by atomic mass is 28.4. The predicted molar refractivity (Wildman–Crippen MR) is 144 cm³/mol. The first-order valence-electron chi connectivity index (χ1n) is 12.8. The smallest absolute Gasteiger partial charge is 0.356 e. The van der Waals surface area contributed by atoms with Crippen LogP contribution in [0.25, 0.3) is 0 Å². The van der Waals surface area contributed by atoms with Gasteiger partial charge in [0.25, 0.3) is 0 Å². The second-order valence-electron chi connectivity index (χ2n) is 11.2. The maximum absolute atomic E-state index is 13.3. The van der Waals surface area contributed by atoms with Crippen molar-refractivity contribution in [1.29, 1.82) is 0 Å². The van der Waals surface area contributed by atoms with Crippen LogP contribution in [0.3, 0.4) is 0 Å². The van der Waals surface area contributed by atoms with E-state index < -0.39 is 44.5 Å². The first kappa shape index (κ1) is 31.4. The van der Waals surface area contributed by atoms with Gasteiger partial charge in [-0.3, -0.25) is 19.1 Å². The molecule has 2 rings (SSSR count). The van der Waals surface area contributed by atoms with E-state index in [4.69, 9.17) is 9.16 Å². The van der Waals surface area contributed by atoms with Crippen LogP contribution < -0.4 is 5.32 Å². The molecule has 1 aromatic heterocycles. The quantitative estimate of drug-likeness (QED) is 0.125. The van der Waals surface area contributed by atoms with E-state index >= 15 is 0 Å². The van der Waals surface area contributed by atoms with Gasteiger partial charge in [-0.1, -0.05) is 33.4 Å². The number of rotatable bonds is 13. The second kappa shape index (κ2) is 12.3. The zero-order valence-electron chi connectivity index (χ0n) is 23.7. The van der Waals surface area contributed by atoms with E-state index in [0.717, 1.165) is 10.6 Å². The van der Waals surface area contributed by atoms with Gasteiger partial charge in [-0.05, 0) is 38.0 Å². The monoisotopic (exact) mass is 550 g/mol. The van der Waals surface area contributed by atoms with Crippen LogP contribution in [-0.4, -0.2) is 83.2 Å². The van der Waals surface area contributed by atoms with Crippen molar-refractivity contribution in [1.82, 2.24) is 20.0 Å². The Kier molecular flexibility index (Phi) is 10.2. The number of carbonyl (C=O) groups is 4. The molecular weight excluding hydrogens is 508 g/mol. The summed E-state index contributed by atoms with van der Waals surface area (Å²) in [6.07, 6.45) is -1.19. The third-order valence-corrected chi connectivity index (χ3v) is 11.9. The number of amides is 2. The van der Waals surface area contributed by atoms with E-state index in [1.807, 2.05) is 0 Å². The number of hydrogen-bond donors (Lipinski definition) is 2. The molecule has 2 heterocycles. The summed E-state index contributed by atoms with van der Waals surface area (Å²) in [5.74, 6) is -2.70. The van der Waals surface area contributed by atoms with Gasteiger partial charge in [0, 0.05) is 25.6 Å². The zero-order valence-corrected chi connectivity index (χ0v) is 24.7. The molecular formula is C26H42N4O7Si. The Morgan fingerprint density at radius 3 is 2.50 bits per heavy atom. The summed E-state index contributed by atoms with van der Waals surface area (Å²) >= 11 is 0. The molecule has 0 aliphatic carbocycles. The maximum atomic E-state index is 13.3. The number of aliphatic hydroxyl groups excluding tert-OH is 1. The number of ketones is 1. The molecule has 0 bridgehead atoms. The van der Waals surface area contributed by atoms with Gasteiger partial charge in [-0.15, -0.1) is 0 Å². The van der Waals surface area contributed by atoms with Crippen LogP contribution in [0.4, 0.5) is 0 Å². The number of nitrogens with one attached hydrogen (secondary N) is 1. The lowest BCUT2D eigenvalue weighted by Crippen LogP contribution is -2.70. The van der Waals surface area contributed by atoms with Crippen LogP contribution in [0, 0.1) is 12.8 Å². The number of aliphatic hydroxyl groups is 1. The van der Waals surface area contributed by atoms with Crippen LogP contribution >= 0.6 is 0 Å². The van der Waals surface area contributed by atoms with E-state index in [1.54, 1.807) is 24.6 Å². The number of likely N-dealkylation sites (tertiary alicyclic amines) is 1. The fourth-order valence-electron chi connectivity index (χ4n) is 4.18. The Labute approximate surface area is 225 Å². The number of aromatic nitrogens is 2. The number of carbonyl (C=O) groups excluding carboxylic acids is 4. The van der Waals surface area contributed by atoms with Crippen molar-refractivity contribution in [3.8, 4) is 0 Å². The normalized spacial score (nSPS) is 19.4. The van der Waals surface area contributed by atoms with Crippen LogP contribution in [-0.2, 0) is 30.1 Å². The van der Waals surface area contributed by atoms with Crippen LogP contribution in [0.1, 0.15) is 57.2 Å². The average Bonchev–Trinajstić information content (AvgIpc) is 3.16. The summed E-state index contributed by atoms with van der Waals surface area (Å²) in [6.45, 7) is 19.5. The Balaban J connectivity index is 2.28. The summed E-state index contributed by atoms with van der Waals surface area (Å²) < 4.78 is 13.0. The van der Waals surface area contributed by atoms with Crippen LogP contribution in [0.15, 0.2) is 18.7 Å². The Morgan fingerprint density at radius 2 is 1.95 bits per heavy atom. The number of Topliss-reactive ketones (excluding diaryl/α,β-unsaturated/α-hetero) is 1. The van der Waals surface area contributed by atoms with Crippen molar-refractivity contribution < 1.29 is 33.4 Å². The maximum Gasteiger partial charge on any atom is 0.356 e. The van der Waals surface area contributed by atoms with Gasteiger partial charge < -0.3 is 24.5 Å². The molecule has 1 aliphatic rings. The molecule has 0 spiro atoms. The molecule has 1 aliphatic heterocycles. The molecule has 1 aromatic rings. The van der Waals surface area contributed by atoms with Crippen molar-refractivity contribution >= 4 is 31.9 Å². The largest absolute Gasteiger partial charge is 0.458 e. The van der Waals surface area contributed by atoms with E-state index in [9.17, 15) is 24.3 Å². The topological polar surface area (TPSA) is 140 Å². The number of hydrogen-bond acceptors (Lipinski definition) is 8. The third kappa shape index (κ3) is 7.17. The summed E-state index contributed by atoms with van der Waals surface area (Å²) in [7, 11) is -2.26. The van der Waals surface area contributed by atoms with Gasteiger partial charge in [0.05, 0.1) is 24.6 Å². The van der Waals surface area contributed by atoms with Crippen molar-refractivity contribution in [2.45, 2.75) is 91.0 Å². The molecule has 0 saturated carbocycles. The van der Waals surface area contributed by atoms with Crippen molar-refractivity contribution in [3.63, 3.8) is 0 Å². The van der Waals surface area contributed by atoms with Gasteiger partial charge in [-0.25, -0.2) is 4.79 Å². The molecule has 4 atom stereocenters. The van der Waals surface area contributed by atoms with E-state index in [2.05, 4.69) is 50.9 Å². The summed E-state index contributed by atoms with van der Waals surface area (Å²) in [4.78, 5) is 51.0. The lowest BCUT2D eigenvalue weighted by molar-refractivity contribution is -0.195. The second-order valence-corrected chi connectivity index (χ2v) is 16.0. The molecule has 12 heteroatoms. The molecule has 2 N–H and O–H groups in total. The summed E-state index contributed by atoms with van der Waals surface area (Å²) in [6, 6.07) is 0.853. The highest BCUT2D eigenvalue weighted by Gasteiger charge is 2.56. The molecule has 1 fully saturated rings. The van der Waals surface area contributed by atoms with Gasteiger partial charge in [0.1, 0.15) is 12.3 Å². The molecule has 0 aromatic carbocycles. The predicted octanol–water partition coefficient (Wildman–Crippen LogP) is 2.19. The Bertz CT molecular complexity index is 1060. The first-order chi connectivity index (χ1) is 17.5. The highest BCUT2D eigenvalue weighted by Crippen LogP contribution is 2.41. The zero-order chi connectivity index (χ0) is 29.0. The average molecular weight is 551 g/mol. The summed E-state index contributed by atoms with van der Waals surface area (Å²) in [5, 5.41) is 17.6. The highest BCUT2D eigenvalue weighted by molar-refractivity contribution is 6.74. The van der Waals surface area contributed by atoms with E-state index in [1.165, 1.54) is 13.0 Å².